The van der Waals surface area contributed by atoms with Crippen molar-refractivity contribution in [1.29, 1.82) is 0 Å². The second-order valence-electron chi connectivity index (χ2n) is 17.3. The molecule has 4 saturated carbocycles. The number of halogens is 3. The number of ether oxygens (including phenoxy) is 1. The summed E-state index contributed by atoms with van der Waals surface area (Å²) in [5.41, 5.74) is -1.78. The average molecular weight is 936 g/mol. The molecular weight excluding hydrogens is 876 g/mol. The summed E-state index contributed by atoms with van der Waals surface area (Å²) in [6, 6.07) is 28.2. The zero-order valence-corrected chi connectivity index (χ0v) is 38.1. The van der Waals surface area contributed by atoms with E-state index in [2.05, 4.69) is 93.6 Å². The number of hydrogen-bond donors (Lipinski definition) is 1. The van der Waals surface area contributed by atoms with Gasteiger partial charge in [-0.1, -0.05) is 0 Å². The summed E-state index contributed by atoms with van der Waals surface area (Å²) < 4.78 is 85.1. The van der Waals surface area contributed by atoms with Crippen LogP contribution in [0.15, 0.2) is 72.8 Å². The number of carbonyl (C=O) groups excluding carboxylic acids is 1. The Morgan fingerprint density at radius 1 is 0.877 bits per heavy atom. The molecule has 3 aromatic carbocycles. The van der Waals surface area contributed by atoms with Crippen LogP contribution in [0.3, 0.4) is 0 Å². The van der Waals surface area contributed by atoms with E-state index in [0.29, 0.717) is 25.7 Å². The molecule has 8 rings (SSSR count). The van der Waals surface area contributed by atoms with Crippen molar-refractivity contribution in [2.24, 2.45) is 17.3 Å². The van der Waals surface area contributed by atoms with E-state index in [9.17, 15) is 36.0 Å². The van der Waals surface area contributed by atoms with Crippen molar-refractivity contribution in [2.45, 2.75) is 135 Å². The van der Waals surface area contributed by atoms with Gasteiger partial charge in [0.25, 0.3) is 0 Å². The smallest absolute Gasteiger partial charge is 0.364 e. The minimum absolute atomic E-state index is 0.0317. The zero-order valence-electron chi connectivity index (χ0n) is 33.6. The van der Waals surface area contributed by atoms with Gasteiger partial charge in [-0.2, -0.15) is 8.78 Å². The monoisotopic (exact) mass is 936 g/mol. The first-order chi connectivity index (χ1) is 27.1. The van der Waals surface area contributed by atoms with Crippen molar-refractivity contribution >= 4 is 68.7 Å². The zero-order chi connectivity index (χ0) is 41.1. The van der Waals surface area contributed by atoms with Gasteiger partial charge in [0.1, 0.15) is 0 Å². The van der Waals surface area contributed by atoms with E-state index in [1.165, 1.54) is 72.2 Å². The molecule has 4 atom stereocenters. The molecule has 6 nitrogen and oxygen atoms in total. The summed E-state index contributed by atoms with van der Waals surface area (Å²) in [6.45, 7) is 6.38. The Hall–Kier alpha value is -2.19. The molecule has 4 aliphatic rings. The Balaban J connectivity index is 0.000000199. The van der Waals surface area contributed by atoms with Gasteiger partial charge in [-0.15, -0.1) is 0 Å². The maximum Gasteiger partial charge on any atom is 0.364 e. The predicted octanol–water partition coefficient (Wildman–Crippen LogP) is 11.5. The van der Waals surface area contributed by atoms with E-state index in [4.69, 9.17) is 4.74 Å². The number of benzene rings is 3. The van der Waals surface area contributed by atoms with E-state index >= 15 is 0 Å². The molecule has 4 aromatic rings. The Morgan fingerprint density at radius 3 is 2.00 bits per heavy atom. The maximum absolute atomic E-state index is 13.4. The molecule has 4 unspecified atom stereocenters. The predicted molar refractivity (Wildman–Crippen MR) is 227 cm³/mol. The number of carbonyl (C=O) groups is 1. The van der Waals surface area contributed by atoms with Crippen molar-refractivity contribution in [3.63, 3.8) is 0 Å². The third kappa shape index (κ3) is 9.42. The van der Waals surface area contributed by atoms with Crippen molar-refractivity contribution in [3.8, 4) is 4.90 Å². The number of hydrogen-bond acceptors (Lipinski definition) is 6. The quantitative estimate of drug-likeness (QED) is 0.0489. The van der Waals surface area contributed by atoms with Gasteiger partial charge in [0.15, 0.2) is 16.3 Å². The van der Waals surface area contributed by atoms with E-state index in [0.717, 1.165) is 6.42 Å². The van der Waals surface area contributed by atoms with Gasteiger partial charge in [-0.3, -0.25) is 4.79 Å². The third-order valence-electron chi connectivity index (χ3n) is 13.0. The minimum atomic E-state index is -6.13. The Morgan fingerprint density at radius 2 is 1.44 bits per heavy atom. The standard InChI is InChI=1S/C18H12S.C15H21F3O6S.3C4H9.Sn/c1-2-8-14(9-3-1)19-17-12-6-4-10-15(17)16-11-5-7-13-18(16)19;16-11(15(17,18)25(21,22)23)1-2-24-12(19)13-4-9-3-10(5-13)7-14(20,6-9)8-13;3*1-3-4-2;/h1-4,6-13H;9-11,20H,1-8H2,(H,21,22,23);3*1,3-4H2,2H3;/q+1;;;;;/p-1. The number of aliphatic hydroxyl groups is 1. The van der Waals surface area contributed by atoms with Crippen LogP contribution in [-0.4, -0.2) is 66.1 Å². The first-order valence-corrected chi connectivity index (χ1v) is 31.1. The Kier molecular flexibility index (Phi) is 14.2. The van der Waals surface area contributed by atoms with Crippen molar-refractivity contribution in [1.82, 2.24) is 0 Å². The number of rotatable bonds is 17. The van der Waals surface area contributed by atoms with Crippen LogP contribution in [0.25, 0.3) is 25.1 Å². The van der Waals surface area contributed by atoms with E-state index in [1.54, 1.807) is 4.70 Å². The molecule has 1 heterocycles. The van der Waals surface area contributed by atoms with Crippen LogP contribution in [0.5, 0.6) is 0 Å². The summed E-state index contributed by atoms with van der Waals surface area (Å²) in [4.78, 5) is 13.9. The Labute approximate surface area is 343 Å². The third-order valence-corrected chi connectivity index (χ3v) is 31.8. The number of fused-ring (bicyclic) bond motifs is 3. The van der Waals surface area contributed by atoms with E-state index < -0.39 is 69.9 Å². The minimum Gasteiger partial charge on any atom is -0.743 e. The summed E-state index contributed by atoms with van der Waals surface area (Å²) in [5.74, 6) is -0.245. The Bertz CT molecular complexity index is 2070. The van der Waals surface area contributed by atoms with Crippen molar-refractivity contribution < 1.29 is 40.8 Å². The number of alkyl halides is 3. The maximum atomic E-state index is 13.4. The molecule has 1 N–H and O–H groups in total. The van der Waals surface area contributed by atoms with Gasteiger partial charge in [0.05, 0.1) is 17.6 Å². The summed E-state index contributed by atoms with van der Waals surface area (Å²) in [7, 11) is -6.10. The van der Waals surface area contributed by atoms with Crippen molar-refractivity contribution in [2.75, 3.05) is 6.61 Å². The number of unbranched alkanes of at least 4 members (excludes halogenated alkanes) is 3. The van der Waals surface area contributed by atoms with Crippen LogP contribution in [0.2, 0.25) is 13.3 Å². The molecule has 1 aromatic heterocycles. The van der Waals surface area contributed by atoms with Crippen LogP contribution in [-0.2, 0) is 19.6 Å². The number of esters is 1. The van der Waals surface area contributed by atoms with Crippen LogP contribution in [0.4, 0.5) is 13.2 Å². The van der Waals surface area contributed by atoms with Gasteiger partial charge in [-0.05, 0) is 50.4 Å². The van der Waals surface area contributed by atoms with E-state index in [-0.39, 0.29) is 28.7 Å². The average Bonchev–Trinajstić information content (AvgIpc) is 3.50. The normalized spacial score (nSPS) is 24.0. The van der Waals surface area contributed by atoms with Gasteiger partial charge < -0.3 is 14.4 Å². The van der Waals surface area contributed by atoms with Crippen LogP contribution < -0.4 is 3.58 Å². The van der Waals surface area contributed by atoms with Gasteiger partial charge in [-0.25, -0.2) is 12.8 Å². The summed E-state index contributed by atoms with van der Waals surface area (Å²) >= 11 is -2.43. The second-order valence-corrected chi connectivity index (χ2v) is 33.9. The fourth-order valence-corrected chi connectivity index (χ4v) is 29.4. The van der Waals surface area contributed by atoms with Crippen LogP contribution in [0.1, 0.15) is 104 Å². The molecule has 0 saturated heterocycles. The first kappa shape index (κ1) is 44.4. The summed E-state index contributed by atoms with van der Waals surface area (Å²) in [5, 5.41) is 8.52. The molecule has 12 heteroatoms. The summed E-state index contributed by atoms with van der Waals surface area (Å²) in [6.07, 6.45) is 7.50. The van der Waals surface area contributed by atoms with Gasteiger partial charge in [0, 0.05) is 6.42 Å². The van der Waals surface area contributed by atoms with Crippen LogP contribution in [0, 0.1) is 17.3 Å². The first-order valence-electron chi connectivity index (χ1n) is 21.0. The molecule has 4 fully saturated rings. The molecule has 57 heavy (non-hydrogen) atoms. The van der Waals surface area contributed by atoms with Crippen LogP contribution >= 0.6 is 10.5 Å². The van der Waals surface area contributed by atoms with E-state index in [1.807, 2.05) is 3.58 Å². The fourth-order valence-electron chi connectivity index (χ4n) is 10.6. The molecule has 4 bridgehead atoms. The topological polar surface area (TPSA) is 104 Å². The fraction of sp³-hybridized carbons (Fsp3) is 0.578. The molecule has 4 aliphatic carbocycles. The molecule has 0 radical (unpaired) electrons. The SMILES string of the molecule is CCC[CH2][Sn]([CH2]CCC)([CH2]CCC)[c]1ccc2c(c1)c1ccccc1[s+]2-c1ccccc1.O=C(OCCC(F)C(F)(F)S(=O)(=O)[O-])C12CC3CC(CC(O)(C3)C1)C2. The molecule has 0 aliphatic heterocycles. The largest absolute Gasteiger partial charge is 0.743 e. The van der Waals surface area contributed by atoms with Gasteiger partial charge in [0.2, 0.25) is 0 Å². The molecule has 312 valence electrons. The van der Waals surface area contributed by atoms with Gasteiger partial charge >= 0.3 is 214 Å². The molecule has 0 amide bonds. The van der Waals surface area contributed by atoms with Crippen molar-refractivity contribution in [3.05, 3.63) is 72.8 Å². The molecular formula is C45H59F3O6S2Sn. The number of thiophene rings is 1. The molecule has 0 spiro atoms. The second kappa shape index (κ2) is 18.2.